The summed E-state index contributed by atoms with van der Waals surface area (Å²) in [5.41, 5.74) is 2.22. The van der Waals surface area contributed by atoms with Crippen molar-refractivity contribution in [2.45, 2.75) is 25.9 Å². The van der Waals surface area contributed by atoms with Gasteiger partial charge in [0.05, 0.1) is 11.9 Å². The van der Waals surface area contributed by atoms with E-state index in [9.17, 15) is 0 Å². The summed E-state index contributed by atoms with van der Waals surface area (Å²) in [4.78, 5) is 15.1. The van der Waals surface area contributed by atoms with Gasteiger partial charge in [0.15, 0.2) is 5.13 Å². The minimum atomic E-state index is 0.877. The Labute approximate surface area is 140 Å². The SMILES string of the molecule is CN(Cc1cnc(N2CCCC2)s1)Cc1cnc2ccccn12. The summed E-state index contributed by atoms with van der Waals surface area (Å²) in [6.45, 7) is 4.11. The Hall–Kier alpha value is -1.92. The van der Waals surface area contributed by atoms with Gasteiger partial charge in [-0.2, -0.15) is 0 Å². The molecular weight excluding hydrogens is 306 g/mol. The zero-order chi connectivity index (χ0) is 15.6. The fourth-order valence-electron chi connectivity index (χ4n) is 3.13. The first kappa shape index (κ1) is 14.7. The Morgan fingerprint density at radius 2 is 2.00 bits per heavy atom. The average Bonchev–Trinajstić information content (AvgIpc) is 3.27. The van der Waals surface area contributed by atoms with Crippen molar-refractivity contribution < 1.29 is 0 Å². The van der Waals surface area contributed by atoms with Crippen molar-refractivity contribution in [1.29, 1.82) is 0 Å². The fraction of sp³-hybridized carbons (Fsp3) is 0.412. The predicted molar refractivity (Wildman–Crippen MR) is 93.9 cm³/mol. The zero-order valence-corrected chi connectivity index (χ0v) is 14.2. The number of nitrogens with zero attached hydrogens (tertiary/aromatic N) is 5. The van der Waals surface area contributed by atoms with Gasteiger partial charge in [-0.05, 0) is 32.0 Å². The molecular formula is C17H21N5S. The Balaban J connectivity index is 1.42. The van der Waals surface area contributed by atoms with E-state index in [1.165, 1.54) is 28.5 Å². The highest BCUT2D eigenvalue weighted by molar-refractivity contribution is 7.15. The number of rotatable bonds is 5. The molecule has 3 aromatic heterocycles. The van der Waals surface area contributed by atoms with Gasteiger partial charge in [-0.1, -0.05) is 6.07 Å². The van der Waals surface area contributed by atoms with E-state index in [1.807, 2.05) is 41.9 Å². The van der Waals surface area contributed by atoms with Gasteiger partial charge in [0.1, 0.15) is 5.65 Å². The van der Waals surface area contributed by atoms with Crippen LogP contribution in [-0.4, -0.2) is 39.4 Å². The van der Waals surface area contributed by atoms with Crippen LogP contribution in [0.3, 0.4) is 0 Å². The van der Waals surface area contributed by atoms with Gasteiger partial charge in [-0.15, -0.1) is 11.3 Å². The highest BCUT2D eigenvalue weighted by Crippen LogP contribution is 2.26. The monoisotopic (exact) mass is 327 g/mol. The molecule has 1 fully saturated rings. The average molecular weight is 327 g/mol. The molecule has 0 saturated carbocycles. The van der Waals surface area contributed by atoms with Crippen LogP contribution >= 0.6 is 11.3 Å². The van der Waals surface area contributed by atoms with Crippen LogP contribution in [0.15, 0.2) is 36.8 Å². The summed E-state index contributed by atoms with van der Waals surface area (Å²) >= 11 is 1.83. The zero-order valence-electron chi connectivity index (χ0n) is 13.4. The van der Waals surface area contributed by atoms with Gasteiger partial charge < -0.3 is 9.30 Å². The lowest BCUT2D eigenvalue weighted by atomic mass is 10.4. The van der Waals surface area contributed by atoms with Gasteiger partial charge in [-0.3, -0.25) is 4.90 Å². The van der Waals surface area contributed by atoms with E-state index < -0.39 is 0 Å². The van der Waals surface area contributed by atoms with E-state index in [0.29, 0.717) is 0 Å². The smallest absolute Gasteiger partial charge is 0.185 e. The minimum absolute atomic E-state index is 0.877. The van der Waals surface area contributed by atoms with Crippen molar-refractivity contribution in [1.82, 2.24) is 19.3 Å². The highest BCUT2D eigenvalue weighted by atomic mass is 32.1. The molecule has 6 heteroatoms. The number of hydrogen-bond acceptors (Lipinski definition) is 5. The summed E-state index contributed by atoms with van der Waals surface area (Å²) in [7, 11) is 2.15. The molecule has 0 aliphatic carbocycles. The molecule has 0 atom stereocenters. The van der Waals surface area contributed by atoms with Crippen LogP contribution in [-0.2, 0) is 13.1 Å². The summed E-state index contributed by atoms with van der Waals surface area (Å²) in [6.07, 6.45) is 8.66. The molecule has 0 unspecified atom stereocenters. The molecule has 3 aromatic rings. The molecule has 4 rings (SSSR count). The molecule has 4 heterocycles. The van der Waals surface area contributed by atoms with Crippen molar-refractivity contribution in [2.75, 3.05) is 25.0 Å². The number of pyridine rings is 1. The van der Waals surface area contributed by atoms with E-state index >= 15 is 0 Å². The van der Waals surface area contributed by atoms with Crippen LogP contribution < -0.4 is 4.90 Å². The normalized spacial score (nSPS) is 15.1. The maximum absolute atomic E-state index is 4.60. The minimum Gasteiger partial charge on any atom is -0.348 e. The van der Waals surface area contributed by atoms with Crippen molar-refractivity contribution in [2.24, 2.45) is 0 Å². The first-order valence-corrected chi connectivity index (χ1v) is 8.90. The standard InChI is InChI=1S/C17H21N5S/c1-20(12-14-10-18-16-6-2-3-9-22(14)16)13-15-11-19-17(23-15)21-7-4-5-8-21/h2-3,6,9-11H,4-5,7-8,12-13H2,1H3. The van der Waals surface area contributed by atoms with E-state index in [4.69, 9.17) is 0 Å². The third-order valence-electron chi connectivity index (χ3n) is 4.27. The van der Waals surface area contributed by atoms with E-state index in [1.54, 1.807) is 0 Å². The number of imidazole rings is 1. The van der Waals surface area contributed by atoms with Crippen LogP contribution in [0.25, 0.3) is 5.65 Å². The topological polar surface area (TPSA) is 36.7 Å². The van der Waals surface area contributed by atoms with Crippen LogP contribution in [0.2, 0.25) is 0 Å². The van der Waals surface area contributed by atoms with E-state index in [2.05, 4.69) is 37.4 Å². The predicted octanol–water partition coefficient (Wildman–Crippen LogP) is 3.02. The Morgan fingerprint density at radius 1 is 1.13 bits per heavy atom. The molecule has 120 valence electrons. The Morgan fingerprint density at radius 3 is 2.87 bits per heavy atom. The number of thiazole rings is 1. The molecule has 0 amide bonds. The number of anilines is 1. The van der Waals surface area contributed by atoms with Crippen LogP contribution in [0.4, 0.5) is 5.13 Å². The Bertz CT molecular complexity index is 787. The lowest BCUT2D eigenvalue weighted by molar-refractivity contribution is 0.317. The fourth-order valence-corrected chi connectivity index (χ4v) is 4.17. The van der Waals surface area contributed by atoms with E-state index in [-0.39, 0.29) is 0 Å². The van der Waals surface area contributed by atoms with Crippen LogP contribution in [0.5, 0.6) is 0 Å². The molecule has 1 aliphatic heterocycles. The molecule has 0 radical (unpaired) electrons. The van der Waals surface area contributed by atoms with Crippen LogP contribution in [0, 0.1) is 0 Å². The third kappa shape index (κ3) is 3.09. The Kier molecular flexibility index (Phi) is 4.01. The maximum Gasteiger partial charge on any atom is 0.185 e. The molecule has 0 aromatic carbocycles. The van der Waals surface area contributed by atoms with Crippen molar-refractivity contribution in [3.8, 4) is 0 Å². The highest BCUT2D eigenvalue weighted by Gasteiger charge is 2.16. The van der Waals surface area contributed by atoms with Gasteiger partial charge >= 0.3 is 0 Å². The first-order valence-electron chi connectivity index (χ1n) is 8.09. The molecule has 1 aliphatic rings. The molecule has 23 heavy (non-hydrogen) atoms. The summed E-state index contributed by atoms with van der Waals surface area (Å²) < 4.78 is 2.15. The second kappa shape index (κ2) is 6.29. The first-order chi connectivity index (χ1) is 11.3. The lowest BCUT2D eigenvalue weighted by Gasteiger charge is -2.15. The summed E-state index contributed by atoms with van der Waals surface area (Å²) in [5, 5.41) is 1.18. The summed E-state index contributed by atoms with van der Waals surface area (Å²) in [5.74, 6) is 0. The number of aromatic nitrogens is 3. The van der Waals surface area contributed by atoms with Gasteiger partial charge in [0.25, 0.3) is 0 Å². The van der Waals surface area contributed by atoms with E-state index in [0.717, 1.165) is 31.8 Å². The molecule has 0 bridgehead atoms. The van der Waals surface area contributed by atoms with Crippen LogP contribution in [0.1, 0.15) is 23.4 Å². The molecule has 0 N–H and O–H groups in total. The molecule has 5 nitrogen and oxygen atoms in total. The third-order valence-corrected chi connectivity index (χ3v) is 5.31. The largest absolute Gasteiger partial charge is 0.348 e. The molecule has 1 saturated heterocycles. The maximum atomic E-state index is 4.60. The number of fused-ring (bicyclic) bond motifs is 1. The van der Waals surface area contributed by atoms with Gasteiger partial charge in [0.2, 0.25) is 0 Å². The number of hydrogen-bond donors (Lipinski definition) is 0. The second-order valence-electron chi connectivity index (χ2n) is 6.15. The summed E-state index contributed by atoms with van der Waals surface area (Å²) in [6, 6.07) is 6.10. The second-order valence-corrected chi connectivity index (χ2v) is 7.25. The van der Waals surface area contributed by atoms with Gasteiger partial charge in [0, 0.05) is 43.4 Å². The lowest BCUT2D eigenvalue weighted by Crippen LogP contribution is -2.18. The molecule has 0 spiro atoms. The van der Waals surface area contributed by atoms with Crippen molar-refractivity contribution >= 4 is 22.1 Å². The van der Waals surface area contributed by atoms with Crippen molar-refractivity contribution in [3.05, 3.63) is 47.4 Å². The quantitative estimate of drug-likeness (QED) is 0.722. The van der Waals surface area contributed by atoms with Gasteiger partial charge in [-0.25, -0.2) is 9.97 Å². The van der Waals surface area contributed by atoms with Crippen molar-refractivity contribution in [3.63, 3.8) is 0 Å².